The quantitative estimate of drug-likeness (QED) is 0.690. The van der Waals surface area contributed by atoms with Crippen molar-refractivity contribution in [3.63, 3.8) is 0 Å². The first kappa shape index (κ1) is 20.0. The molecule has 0 radical (unpaired) electrons. The smallest absolute Gasteiger partial charge is 0.321 e. The highest BCUT2D eigenvalue weighted by molar-refractivity contribution is 5.95. The number of hydrogen-bond donors (Lipinski definition) is 2. The Kier molecular flexibility index (Phi) is 8.21. The van der Waals surface area contributed by atoms with Crippen molar-refractivity contribution < 1.29 is 14.3 Å². The number of para-hydroxylation sites is 2. The van der Waals surface area contributed by atoms with Crippen LogP contribution in [0.4, 0.5) is 10.5 Å². The number of anilines is 1. The summed E-state index contributed by atoms with van der Waals surface area (Å²) in [6, 6.07) is 7.62. The van der Waals surface area contributed by atoms with Crippen molar-refractivity contribution in [3.05, 3.63) is 24.3 Å². The molecule has 0 saturated carbocycles. The summed E-state index contributed by atoms with van der Waals surface area (Å²) in [6.45, 7) is 8.67. The maximum absolute atomic E-state index is 12.0. The summed E-state index contributed by atoms with van der Waals surface area (Å²) < 4.78 is 5.70. The van der Waals surface area contributed by atoms with Gasteiger partial charge in [0.05, 0.1) is 18.8 Å². The lowest BCUT2D eigenvalue weighted by atomic mass is 10.2. The summed E-state index contributed by atoms with van der Waals surface area (Å²) >= 11 is 0. The summed E-state index contributed by atoms with van der Waals surface area (Å²) in [5.74, 6) is 0.632. The number of carbonyl (C=O) groups excluding carboxylic acids is 2. The van der Waals surface area contributed by atoms with Crippen molar-refractivity contribution in [1.82, 2.24) is 15.5 Å². The molecule has 0 aliphatic carbocycles. The molecule has 0 spiro atoms. The molecule has 7 nitrogen and oxygen atoms in total. The molecule has 3 amide bonds. The minimum Gasteiger partial charge on any atom is -0.492 e. The van der Waals surface area contributed by atoms with E-state index in [1.807, 2.05) is 25.1 Å². The molecular weight excluding hydrogens is 332 g/mol. The maximum Gasteiger partial charge on any atom is 0.321 e. The molecule has 0 unspecified atom stereocenters. The van der Waals surface area contributed by atoms with Gasteiger partial charge < -0.3 is 15.0 Å². The summed E-state index contributed by atoms with van der Waals surface area (Å²) in [6.07, 6.45) is 1.91. The van der Waals surface area contributed by atoms with E-state index in [1.54, 1.807) is 0 Å². The average molecular weight is 362 g/mol. The molecule has 1 aromatic carbocycles. The van der Waals surface area contributed by atoms with E-state index in [9.17, 15) is 9.59 Å². The summed E-state index contributed by atoms with van der Waals surface area (Å²) in [5, 5.41) is 5.08. The summed E-state index contributed by atoms with van der Waals surface area (Å²) in [7, 11) is 0. The van der Waals surface area contributed by atoms with E-state index in [2.05, 4.69) is 33.4 Å². The van der Waals surface area contributed by atoms with Crippen LogP contribution in [-0.2, 0) is 4.79 Å². The predicted octanol–water partition coefficient (Wildman–Crippen LogP) is 1.83. The number of rotatable bonds is 8. The largest absolute Gasteiger partial charge is 0.492 e. The summed E-state index contributed by atoms with van der Waals surface area (Å²) in [4.78, 5) is 28.0. The number of urea groups is 1. The van der Waals surface area contributed by atoms with Gasteiger partial charge in [0.25, 0.3) is 0 Å². The van der Waals surface area contributed by atoms with Crippen LogP contribution in [0.25, 0.3) is 0 Å². The Hall–Kier alpha value is -2.28. The molecule has 1 fully saturated rings. The standard InChI is InChI=1S/C19H30N4O3/c1-3-5-10-20-19(25)21-18(24)15-22-11-13-23(14-12-22)16-8-6-7-9-17(16)26-4-2/h6-9H,3-5,10-15H2,1-2H3,(H2,20,21,24,25). The Morgan fingerprint density at radius 2 is 1.85 bits per heavy atom. The molecule has 26 heavy (non-hydrogen) atoms. The molecular formula is C19H30N4O3. The maximum atomic E-state index is 12.0. The number of unbranched alkanes of at least 4 members (excludes halogenated alkanes) is 1. The monoisotopic (exact) mass is 362 g/mol. The van der Waals surface area contributed by atoms with Crippen LogP contribution < -0.4 is 20.3 Å². The normalized spacial score (nSPS) is 14.8. The molecule has 0 aromatic heterocycles. The van der Waals surface area contributed by atoms with E-state index in [4.69, 9.17) is 4.74 Å². The first-order valence-corrected chi connectivity index (χ1v) is 9.40. The Morgan fingerprint density at radius 1 is 1.12 bits per heavy atom. The zero-order valence-corrected chi connectivity index (χ0v) is 15.8. The second-order valence-electron chi connectivity index (χ2n) is 6.32. The molecule has 0 bridgehead atoms. The Labute approximate surface area is 155 Å². The topological polar surface area (TPSA) is 73.9 Å². The van der Waals surface area contributed by atoms with Gasteiger partial charge in [-0.25, -0.2) is 4.79 Å². The molecule has 1 saturated heterocycles. The number of piperazine rings is 1. The van der Waals surface area contributed by atoms with Crippen LogP contribution in [-0.4, -0.2) is 62.7 Å². The van der Waals surface area contributed by atoms with Gasteiger partial charge in [-0.3, -0.25) is 15.0 Å². The second kappa shape index (κ2) is 10.7. The van der Waals surface area contributed by atoms with Crippen molar-refractivity contribution in [2.75, 3.05) is 50.8 Å². The van der Waals surface area contributed by atoms with Gasteiger partial charge in [0.15, 0.2) is 0 Å². The number of ether oxygens (including phenoxy) is 1. The molecule has 7 heteroatoms. The Morgan fingerprint density at radius 3 is 2.54 bits per heavy atom. The van der Waals surface area contributed by atoms with Crippen molar-refractivity contribution in [3.8, 4) is 5.75 Å². The fraction of sp³-hybridized carbons (Fsp3) is 0.579. The first-order chi connectivity index (χ1) is 12.6. The van der Waals surface area contributed by atoms with Gasteiger partial charge in [0, 0.05) is 32.7 Å². The first-order valence-electron chi connectivity index (χ1n) is 9.40. The van der Waals surface area contributed by atoms with E-state index < -0.39 is 6.03 Å². The van der Waals surface area contributed by atoms with Crippen molar-refractivity contribution in [1.29, 1.82) is 0 Å². The zero-order valence-electron chi connectivity index (χ0n) is 15.8. The van der Waals surface area contributed by atoms with Gasteiger partial charge >= 0.3 is 6.03 Å². The van der Waals surface area contributed by atoms with Gasteiger partial charge in [-0.1, -0.05) is 25.5 Å². The van der Waals surface area contributed by atoms with Crippen LogP contribution in [0.5, 0.6) is 5.75 Å². The second-order valence-corrected chi connectivity index (χ2v) is 6.32. The van der Waals surface area contributed by atoms with Crippen LogP contribution in [0.15, 0.2) is 24.3 Å². The highest BCUT2D eigenvalue weighted by Crippen LogP contribution is 2.28. The number of amides is 3. The lowest BCUT2D eigenvalue weighted by Gasteiger charge is -2.36. The number of hydrogen-bond acceptors (Lipinski definition) is 5. The zero-order chi connectivity index (χ0) is 18.8. The Bertz CT molecular complexity index is 586. The number of nitrogens with one attached hydrogen (secondary N) is 2. The number of carbonyl (C=O) groups is 2. The number of nitrogens with zero attached hydrogens (tertiary/aromatic N) is 2. The van der Waals surface area contributed by atoms with Crippen molar-refractivity contribution >= 4 is 17.6 Å². The lowest BCUT2D eigenvalue weighted by molar-refractivity contribution is -0.121. The van der Waals surface area contributed by atoms with Gasteiger partial charge in [0.1, 0.15) is 5.75 Å². The third-order valence-corrected chi connectivity index (χ3v) is 4.31. The lowest BCUT2D eigenvalue weighted by Crippen LogP contribution is -2.51. The fourth-order valence-electron chi connectivity index (χ4n) is 2.93. The van der Waals surface area contributed by atoms with E-state index in [0.717, 1.165) is 50.5 Å². The third kappa shape index (κ3) is 6.22. The van der Waals surface area contributed by atoms with Gasteiger partial charge in [0.2, 0.25) is 5.91 Å². The molecule has 1 heterocycles. The average Bonchev–Trinajstić information content (AvgIpc) is 2.63. The number of benzene rings is 1. The highest BCUT2D eigenvalue weighted by Gasteiger charge is 2.21. The minimum absolute atomic E-state index is 0.238. The number of imide groups is 1. The van der Waals surface area contributed by atoms with Crippen LogP contribution in [0.3, 0.4) is 0 Å². The molecule has 1 aromatic rings. The molecule has 144 valence electrons. The van der Waals surface area contributed by atoms with Crippen molar-refractivity contribution in [2.45, 2.75) is 26.7 Å². The van der Waals surface area contributed by atoms with Crippen LogP contribution in [0.1, 0.15) is 26.7 Å². The van der Waals surface area contributed by atoms with Crippen LogP contribution in [0.2, 0.25) is 0 Å². The molecule has 0 atom stereocenters. The SMILES string of the molecule is CCCCNC(=O)NC(=O)CN1CCN(c2ccccc2OCC)CC1. The van der Waals surface area contributed by atoms with Crippen LogP contribution >= 0.6 is 0 Å². The van der Waals surface area contributed by atoms with Gasteiger partial charge in [-0.15, -0.1) is 0 Å². The van der Waals surface area contributed by atoms with Crippen LogP contribution in [0, 0.1) is 0 Å². The van der Waals surface area contributed by atoms with Crippen molar-refractivity contribution in [2.24, 2.45) is 0 Å². The molecule has 1 aliphatic heterocycles. The molecule has 1 aliphatic rings. The molecule has 2 rings (SSSR count). The van der Waals surface area contributed by atoms with E-state index >= 15 is 0 Å². The fourth-order valence-corrected chi connectivity index (χ4v) is 2.93. The highest BCUT2D eigenvalue weighted by atomic mass is 16.5. The molecule has 2 N–H and O–H groups in total. The van der Waals surface area contributed by atoms with Gasteiger partial charge in [-0.2, -0.15) is 0 Å². The Balaban J connectivity index is 1.76. The van der Waals surface area contributed by atoms with E-state index in [0.29, 0.717) is 13.2 Å². The van der Waals surface area contributed by atoms with E-state index in [-0.39, 0.29) is 12.5 Å². The minimum atomic E-state index is -0.410. The summed E-state index contributed by atoms with van der Waals surface area (Å²) in [5.41, 5.74) is 1.09. The van der Waals surface area contributed by atoms with Gasteiger partial charge in [-0.05, 0) is 25.5 Å². The van der Waals surface area contributed by atoms with E-state index in [1.165, 1.54) is 0 Å². The third-order valence-electron chi connectivity index (χ3n) is 4.31. The predicted molar refractivity (Wildman–Crippen MR) is 103 cm³/mol.